The fraction of sp³-hybridized carbons (Fsp3) is 0.625. The van der Waals surface area contributed by atoms with E-state index in [1.54, 1.807) is 0 Å². The van der Waals surface area contributed by atoms with Gasteiger partial charge >= 0.3 is 11.9 Å². The zero-order chi connectivity index (χ0) is 24.0. The number of carbonyl (C=O) groups excluding carboxylic acids is 3. The molecule has 31 heavy (non-hydrogen) atoms. The van der Waals surface area contributed by atoms with Crippen molar-refractivity contribution in [2.75, 3.05) is 18.8 Å². The number of rotatable bonds is 15. The predicted octanol–water partition coefficient (Wildman–Crippen LogP) is -3.67. The van der Waals surface area contributed by atoms with Crippen LogP contribution in [0.4, 0.5) is 0 Å². The van der Waals surface area contributed by atoms with E-state index in [9.17, 15) is 24.0 Å². The zero-order valence-corrected chi connectivity index (χ0v) is 17.6. The lowest BCUT2D eigenvalue weighted by Crippen LogP contribution is -2.56. The number of hydrogen-bond donors (Lipinski definition) is 9. The van der Waals surface area contributed by atoms with Crippen LogP contribution in [0.2, 0.25) is 0 Å². The average Bonchev–Trinajstić information content (AvgIpc) is 2.69. The highest BCUT2D eigenvalue weighted by Gasteiger charge is 2.27. The Morgan fingerprint density at radius 3 is 2.03 bits per heavy atom. The first-order chi connectivity index (χ1) is 14.5. The lowest BCUT2D eigenvalue weighted by molar-refractivity contribution is -0.140. The molecule has 0 saturated heterocycles. The summed E-state index contributed by atoms with van der Waals surface area (Å²) in [6, 6.07) is -3.44. The van der Waals surface area contributed by atoms with E-state index in [-0.39, 0.29) is 31.1 Å². The number of nitrogens with zero attached hydrogens (tertiary/aromatic N) is 1. The van der Waals surface area contributed by atoms with Gasteiger partial charge in [0.2, 0.25) is 17.7 Å². The van der Waals surface area contributed by atoms with Gasteiger partial charge < -0.3 is 43.4 Å². The number of nitrogens with two attached hydrogens (primary N) is 3. The summed E-state index contributed by atoms with van der Waals surface area (Å²) in [6.45, 7) is -0.434. The third-order valence-corrected chi connectivity index (χ3v) is 4.18. The van der Waals surface area contributed by atoms with E-state index in [1.165, 1.54) is 0 Å². The molecular weight excluding hydrogens is 434 g/mol. The molecule has 15 heteroatoms. The van der Waals surface area contributed by atoms with Crippen LogP contribution in [-0.2, 0) is 24.0 Å². The SMILES string of the molecule is NC(N)=NCCCC(N)C(=O)NC(CS)C(=O)NC(CCC(=O)O)C(=O)NCC(=O)O. The molecule has 0 aromatic heterocycles. The van der Waals surface area contributed by atoms with E-state index < -0.39 is 60.8 Å². The number of hydrogen-bond acceptors (Lipinski definition) is 8. The van der Waals surface area contributed by atoms with Gasteiger partial charge in [-0.1, -0.05) is 0 Å². The lowest BCUT2D eigenvalue weighted by Gasteiger charge is -2.23. The number of guanidine groups is 1. The molecule has 3 amide bonds. The van der Waals surface area contributed by atoms with Gasteiger partial charge in [0.1, 0.15) is 18.6 Å². The van der Waals surface area contributed by atoms with Crippen molar-refractivity contribution >= 4 is 48.2 Å². The Morgan fingerprint density at radius 2 is 1.52 bits per heavy atom. The summed E-state index contributed by atoms with van der Waals surface area (Å²) in [4.78, 5) is 61.9. The standard InChI is InChI=1S/C16H29N7O7S/c17-8(2-1-5-20-16(18)19)13(28)23-10(7-31)15(30)22-9(3-4-11(24)25)14(29)21-6-12(26)27/h8-10,31H,1-7,17H2,(H,21,29)(H,22,30)(H,23,28)(H,24,25)(H,26,27)(H4,18,19,20). The molecular formula is C16H29N7O7S. The van der Waals surface area contributed by atoms with Crippen molar-refractivity contribution in [2.45, 2.75) is 43.8 Å². The van der Waals surface area contributed by atoms with E-state index in [4.69, 9.17) is 27.4 Å². The minimum Gasteiger partial charge on any atom is -0.481 e. The first-order valence-electron chi connectivity index (χ1n) is 9.21. The Labute approximate surface area is 183 Å². The van der Waals surface area contributed by atoms with Gasteiger partial charge in [-0.25, -0.2) is 0 Å². The molecule has 0 heterocycles. The monoisotopic (exact) mass is 463 g/mol. The summed E-state index contributed by atoms with van der Waals surface area (Å²) in [5.41, 5.74) is 16.2. The largest absolute Gasteiger partial charge is 0.481 e. The summed E-state index contributed by atoms with van der Waals surface area (Å²) in [5.74, 6) is -5.08. The second-order valence-corrected chi connectivity index (χ2v) is 6.77. The normalized spacial score (nSPS) is 13.2. The van der Waals surface area contributed by atoms with Gasteiger partial charge in [0.05, 0.1) is 6.04 Å². The molecule has 176 valence electrons. The third kappa shape index (κ3) is 13.0. The summed E-state index contributed by atoms with van der Waals surface area (Å²) >= 11 is 4.00. The molecule has 0 aromatic rings. The zero-order valence-electron chi connectivity index (χ0n) is 16.7. The number of carboxylic acids is 2. The van der Waals surface area contributed by atoms with Crippen molar-refractivity contribution in [1.29, 1.82) is 0 Å². The Bertz CT molecular complexity index is 685. The Kier molecular flexibility index (Phi) is 13.4. The van der Waals surface area contributed by atoms with E-state index >= 15 is 0 Å². The smallest absolute Gasteiger partial charge is 0.322 e. The van der Waals surface area contributed by atoms with Crippen LogP contribution in [0, 0.1) is 0 Å². The topological polar surface area (TPSA) is 252 Å². The highest BCUT2D eigenvalue weighted by atomic mass is 32.1. The quantitative estimate of drug-likeness (QED) is 0.0497. The number of nitrogens with one attached hydrogen (secondary N) is 3. The molecule has 0 aromatic carbocycles. The van der Waals surface area contributed by atoms with Crippen molar-refractivity contribution in [2.24, 2.45) is 22.2 Å². The van der Waals surface area contributed by atoms with Crippen molar-refractivity contribution < 1.29 is 34.2 Å². The van der Waals surface area contributed by atoms with Crippen LogP contribution in [0.25, 0.3) is 0 Å². The first kappa shape index (κ1) is 27.9. The molecule has 0 rings (SSSR count). The van der Waals surface area contributed by atoms with Crippen LogP contribution in [0.5, 0.6) is 0 Å². The maximum atomic E-state index is 12.5. The predicted molar refractivity (Wildman–Crippen MR) is 113 cm³/mol. The number of amides is 3. The molecule has 0 aliphatic carbocycles. The summed E-state index contributed by atoms with van der Waals surface area (Å²) in [7, 11) is 0. The molecule has 0 spiro atoms. The number of aliphatic carboxylic acids is 2. The van der Waals surface area contributed by atoms with Gasteiger partial charge in [-0.05, 0) is 19.3 Å². The number of carboxylic acid groups (broad SMARTS) is 2. The highest BCUT2D eigenvalue weighted by Crippen LogP contribution is 2.02. The molecule has 0 bridgehead atoms. The van der Waals surface area contributed by atoms with Crippen LogP contribution in [0.3, 0.4) is 0 Å². The highest BCUT2D eigenvalue weighted by molar-refractivity contribution is 7.80. The van der Waals surface area contributed by atoms with Gasteiger partial charge in [0.15, 0.2) is 5.96 Å². The fourth-order valence-electron chi connectivity index (χ4n) is 2.22. The van der Waals surface area contributed by atoms with Crippen molar-refractivity contribution in [3.05, 3.63) is 0 Å². The van der Waals surface area contributed by atoms with Crippen LogP contribution in [0.15, 0.2) is 4.99 Å². The molecule has 0 fully saturated rings. The summed E-state index contributed by atoms with van der Waals surface area (Å²) in [6.07, 6.45) is -0.0817. The molecule has 3 atom stereocenters. The number of thiol groups is 1. The number of aliphatic imine (C=N–C) groups is 1. The average molecular weight is 464 g/mol. The van der Waals surface area contributed by atoms with Gasteiger partial charge in [-0.2, -0.15) is 12.6 Å². The number of carbonyl (C=O) groups is 5. The molecule has 0 aliphatic rings. The maximum absolute atomic E-state index is 12.5. The second kappa shape index (κ2) is 14.8. The van der Waals surface area contributed by atoms with Gasteiger partial charge in [-0.3, -0.25) is 29.0 Å². The van der Waals surface area contributed by atoms with Crippen LogP contribution in [0.1, 0.15) is 25.7 Å². The molecule has 11 N–H and O–H groups in total. The Balaban J connectivity index is 4.91. The van der Waals surface area contributed by atoms with Crippen LogP contribution < -0.4 is 33.2 Å². The van der Waals surface area contributed by atoms with E-state index in [0.29, 0.717) is 6.42 Å². The van der Waals surface area contributed by atoms with Crippen molar-refractivity contribution in [3.8, 4) is 0 Å². The van der Waals surface area contributed by atoms with Crippen molar-refractivity contribution in [3.63, 3.8) is 0 Å². The first-order valence-corrected chi connectivity index (χ1v) is 9.85. The fourth-order valence-corrected chi connectivity index (χ4v) is 2.48. The molecule has 0 aliphatic heterocycles. The molecule has 0 radical (unpaired) electrons. The molecule has 14 nitrogen and oxygen atoms in total. The van der Waals surface area contributed by atoms with Crippen molar-refractivity contribution in [1.82, 2.24) is 16.0 Å². The van der Waals surface area contributed by atoms with Gasteiger partial charge in [0, 0.05) is 18.7 Å². The summed E-state index contributed by atoms with van der Waals surface area (Å²) < 4.78 is 0. The van der Waals surface area contributed by atoms with Gasteiger partial charge in [-0.15, -0.1) is 0 Å². The Morgan fingerprint density at radius 1 is 0.903 bits per heavy atom. The van der Waals surface area contributed by atoms with E-state index in [1.807, 2.05) is 0 Å². The van der Waals surface area contributed by atoms with Crippen LogP contribution in [-0.4, -0.2) is 82.8 Å². The minimum atomic E-state index is -1.32. The lowest BCUT2D eigenvalue weighted by atomic mass is 10.1. The maximum Gasteiger partial charge on any atom is 0.322 e. The molecule has 3 unspecified atom stereocenters. The third-order valence-electron chi connectivity index (χ3n) is 3.81. The second-order valence-electron chi connectivity index (χ2n) is 6.40. The van der Waals surface area contributed by atoms with E-state index in [2.05, 4.69) is 33.6 Å². The van der Waals surface area contributed by atoms with Gasteiger partial charge in [0.25, 0.3) is 0 Å². The minimum absolute atomic E-state index is 0.0883. The molecule has 0 saturated carbocycles. The Hall–Kier alpha value is -3.07. The summed E-state index contributed by atoms with van der Waals surface area (Å²) in [5, 5.41) is 24.2. The van der Waals surface area contributed by atoms with Crippen LogP contribution >= 0.6 is 12.6 Å². The van der Waals surface area contributed by atoms with E-state index in [0.717, 1.165) is 0 Å².